The zero-order chi connectivity index (χ0) is 11.3. The van der Waals surface area contributed by atoms with E-state index in [0.717, 1.165) is 4.68 Å². The monoisotopic (exact) mass is 224 g/mol. The third-order valence-corrected chi connectivity index (χ3v) is 1.19. The quantitative estimate of drug-likeness (QED) is 0.724. The van der Waals surface area contributed by atoms with Gasteiger partial charge < -0.3 is 0 Å². The van der Waals surface area contributed by atoms with Gasteiger partial charge in [-0.3, -0.25) is 9.63 Å². The van der Waals surface area contributed by atoms with E-state index in [-0.39, 0.29) is 6.54 Å². The second kappa shape index (κ2) is 4.73. The highest BCUT2D eigenvalue weighted by molar-refractivity contribution is 5.74. The van der Waals surface area contributed by atoms with Crippen LogP contribution in [0.1, 0.15) is 0 Å². The number of carbonyl (C=O) groups is 1. The Balaban J connectivity index is 2.20. The molecule has 1 rings (SSSR count). The summed E-state index contributed by atoms with van der Waals surface area (Å²) in [5.74, 6) is -0.746. The van der Waals surface area contributed by atoms with E-state index in [4.69, 9.17) is 0 Å². The van der Waals surface area contributed by atoms with E-state index in [9.17, 15) is 18.0 Å². The first-order valence-corrected chi connectivity index (χ1v) is 3.77. The van der Waals surface area contributed by atoms with Crippen molar-refractivity contribution in [2.45, 2.75) is 12.7 Å². The van der Waals surface area contributed by atoms with Gasteiger partial charge >= 0.3 is 6.18 Å². The van der Waals surface area contributed by atoms with E-state index >= 15 is 0 Å². The van der Waals surface area contributed by atoms with Gasteiger partial charge in [-0.15, -0.1) is 0 Å². The van der Waals surface area contributed by atoms with E-state index < -0.39 is 18.7 Å². The van der Waals surface area contributed by atoms with Crippen molar-refractivity contribution in [1.29, 1.82) is 0 Å². The number of nitrogens with one attached hydrogen (secondary N) is 1. The number of hydroxylamine groups is 1. The molecule has 0 aliphatic carbocycles. The standard InChI is InChI=1S/C6H7F3N4O2/c7-6(8,9)2-15-12-5(14)1-13-4-10-3-11-13/h3-4H,1-2H2,(H,12,14). The molecule has 0 saturated carbocycles. The summed E-state index contributed by atoms with van der Waals surface area (Å²) >= 11 is 0. The van der Waals surface area contributed by atoms with Crippen molar-refractivity contribution in [1.82, 2.24) is 20.2 Å². The molecule has 0 aliphatic heterocycles. The Morgan fingerprint density at radius 2 is 2.27 bits per heavy atom. The molecule has 1 aromatic heterocycles. The maximum atomic E-state index is 11.6. The van der Waals surface area contributed by atoms with Crippen molar-refractivity contribution in [2.75, 3.05) is 6.61 Å². The molecule has 0 fully saturated rings. The van der Waals surface area contributed by atoms with Crippen LogP contribution < -0.4 is 5.48 Å². The van der Waals surface area contributed by atoms with Crippen LogP contribution in [0.4, 0.5) is 13.2 Å². The van der Waals surface area contributed by atoms with Crippen LogP contribution in [0.3, 0.4) is 0 Å². The van der Waals surface area contributed by atoms with Gasteiger partial charge in [-0.05, 0) is 0 Å². The first-order valence-electron chi connectivity index (χ1n) is 3.77. The molecule has 0 saturated heterocycles. The Hall–Kier alpha value is -1.64. The van der Waals surface area contributed by atoms with Gasteiger partial charge in [0.05, 0.1) is 0 Å². The second-order valence-corrected chi connectivity index (χ2v) is 2.52. The molecule has 0 radical (unpaired) electrons. The fraction of sp³-hybridized carbons (Fsp3) is 0.500. The van der Waals surface area contributed by atoms with Gasteiger partial charge in [0.2, 0.25) is 0 Å². The van der Waals surface area contributed by atoms with Crippen LogP contribution in [0.2, 0.25) is 0 Å². The van der Waals surface area contributed by atoms with Crippen LogP contribution in [0.25, 0.3) is 0 Å². The van der Waals surface area contributed by atoms with Gasteiger partial charge in [-0.1, -0.05) is 0 Å². The van der Waals surface area contributed by atoms with Crippen molar-refractivity contribution >= 4 is 5.91 Å². The van der Waals surface area contributed by atoms with Crippen molar-refractivity contribution < 1.29 is 22.8 Å². The minimum atomic E-state index is -4.47. The Kier molecular flexibility index (Phi) is 3.61. The molecule has 15 heavy (non-hydrogen) atoms. The minimum absolute atomic E-state index is 0.252. The maximum Gasteiger partial charge on any atom is 0.414 e. The number of halogens is 3. The SMILES string of the molecule is O=C(Cn1cncn1)NOCC(F)(F)F. The molecule has 0 aliphatic rings. The van der Waals surface area contributed by atoms with Crippen LogP contribution in [0, 0.1) is 0 Å². The second-order valence-electron chi connectivity index (χ2n) is 2.52. The molecule has 84 valence electrons. The smallest absolute Gasteiger partial charge is 0.271 e. The molecule has 0 bridgehead atoms. The number of amides is 1. The summed E-state index contributed by atoms with van der Waals surface area (Å²) in [5, 5.41) is 3.58. The summed E-state index contributed by atoms with van der Waals surface area (Å²) in [4.78, 5) is 18.4. The zero-order valence-corrected chi connectivity index (χ0v) is 7.36. The predicted octanol–water partition coefficient (Wildman–Crippen LogP) is -0.112. The van der Waals surface area contributed by atoms with E-state index in [2.05, 4.69) is 14.9 Å². The molecule has 9 heteroatoms. The van der Waals surface area contributed by atoms with Gasteiger partial charge in [-0.25, -0.2) is 15.1 Å². The average molecular weight is 224 g/mol. The summed E-state index contributed by atoms with van der Waals surface area (Å²) in [7, 11) is 0. The first kappa shape index (κ1) is 11.4. The van der Waals surface area contributed by atoms with Crippen LogP contribution >= 0.6 is 0 Å². The Morgan fingerprint density at radius 3 is 2.80 bits per heavy atom. The summed E-state index contributed by atoms with van der Waals surface area (Å²) in [6.45, 7) is -1.78. The van der Waals surface area contributed by atoms with Crippen molar-refractivity contribution in [3.63, 3.8) is 0 Å². The van der Waals surface area contributed by atoms with Crippen molar-refractivity contribution in [2.24, 2.45) is 0 Å². The highest BCUT2D eigenvalue weighted by Crippen LogP contribution is 2.13. The molecule has 0 unspecified atom stereocenters. The van der Waals surface area contributed by atoms with E-state index in [1.165, 1.54) is 12.7 Å². The van der Waals surface area contributed by atoms with Gasteiger partial charge in [0.25, 0.3) is 5.91 Å². The lowest BCUT2D eigenvalue weighted by Gasteiger charge is -2.07. The van der Waals surface area contributed by atoms with Gasteiger partial charge in [0.15, 0.2) is 6.61 Å². The Bertz CT molecular complexity index is 311. The summed E-state index contributed by atoms with van der Waals surface area (Å²) < 4.78 is 35.9. The predicted molar refractivity (Wildman–Crippen MR) is 40.2 cm³/mol. The third-order valence-electron chi connectivity index (χ3n) is 1.19. The summed E-state index contributed by atoms with van der Waals surface area (Å²) in [5.41, 5.74) is 1.63. The highest BCUT2D eigenvalue weighted by atomic mass is 19.4. The Labute approximate surface area is 82.0 Å². The largest absolute Gasteiger partial charge is 0.414 e. The molecule has 1 amide bonds. The van der Waals surface area contributed by atoms with E-state index in [1.807, 2.05) is 0 Å². The lowest BCUT2D eigenvalue weighted by molar-refractivity contribution is -0.191. The van der Waals surface area contributed by atoms with Crippen LogP contribution in [-0.4, -0.2) is 33.5 Å². The molecule has 0 spiro atoms. The molecule has 0 atom stereocenters. The van der Waals surface area contributed by atoms with E-state index in [0.29, 0.717) is 0 Å². The number of hydrogen-bond acceptors (Lipinski definition) is 4. The fourth-order valence-electron chi connectivity index (χ4n) is 0.692. The molecule has 6 nitrogen and oxygen atoms in total. The molecule has 1 heterocycles. The average Bonchev–Trinajstić information content (AvgIpc) is 2.54. The number of carbonyl (C=O) groups excluding carboxylic acids is 1. The minimum Gasteiger partial charge on any atom is -0.271 e. The number of aromatic nitrogens is 3. The highest BCUT2D eigenvalue weighted by Gasteiger charge is 2.28. The van der Waals surface area contributed by atoms with Crippen molar-refractivity contribution in [3.8, 4) is 0 Å². The van der Waals surface area contributed by atoms with Crippen LogP contribution in [0.15, 0.2) is 12.7 Å². The maximum absolute atomic E-state index is 11.6. The third kappa shape index (κ3) is 4.96. The number of hydrogen-bond donors (Lipinski definition) is 1. The van der Waals surface area contributed by atoms with Crippen LogP contribution in [-0.2, 0) is 16.2 Å². The number of rotatable bonds is 4. The van der Waals surface area contributed by atoms with Gasteiger partial charge in [0.1, 0.15) is 19.2 Å². The molecular weight excluding hydrogens is 217 g/mol. The van der Waals surface area contributed by atoms with Crippen LogP contribution in [0.5, 0.6) is 0 Å². The summed E-state index contributed by atoms with van der Waals surface area (Å²) in [6, 6.07) is 0. The molecular formula is C6H7F3N4O2. The number of alkyl halides is 3. The normalized spacial score (nSPS) is 11.4. The molecule has 1 aromatic rings. The van der Waals surface area contributed by atoms with Crippen molar-refractivity contribution in [3.05, 3.63) is 12.7 Å². The first-order chi connectivity index (χ1) is 6.97. The molecule has 0 aromatic carbocycles. The van der Waals surface area contributed by atoms with E-state index in [1.54, 1.807) is 5.48 Å². The van der Waals surface area contributed by atoms with Gasteiger partial charge in [-0.2, -0.15) is 18.3 Å². The topological polar surface area (TPSA) is 69.0 Å². The molecule has 1 N–H and O–H groups in total. The fourth-order valence-corrected chi connectivity index (χ4v) is 0.692. The lowest BCUT2D eigenvalue weighted by atomic mass is 10.6. The number of nitrogens with zero attached hydrogens (tertiary/aromatic N) is 3. The zero-order valence-electron chi connectivity index (χ0n) is 7.36. The Morgan fingerprint density at radius 1 is 1.53 bits per heavy atom. The lowest BCUT2D eigenvalue weighted by Crippen LogP contribution is -2.32. The van der Waals surface area contributed by atoms with Gasteiger partial charge in [0, 0.05) is 0 Å². The summed E-state index contributed by atoms with van der Waals surface area (Å²) in [6.07, 6.45) is -2.02.